The lowest BCUT2D eigenvalue weighted by molar-refractivity contribution is -0.245. The van der Waals surface area contributed by atoms with Gasteiger partial charge in [-0.3, -0.25) is 0 Å². The van der Waals surface area contributed by atoms with E-state index in [-0.39, 0.29) is 42.7 Å². The van der Waals surface area contributed by atoms with Gasteiger partial charge in [-0.15, -0.1) is 0 Å². The topological polar surface area (TPSA) is 46.2 Å². The normalized spacial score (nSPS) is 37.2. The van der Waals surface area contributed by atoms with Crippen molar-refractivity contribution in [2.45, 2.75) is 81.1 Å². The molecule has 0 bridgehead atoms. The molecule has 0 radical (unpaired) electrons. The van der Waals surface area contributed by atoms with Crippen molar-refractivity contribution in [2.75, 3.05) is 6.61 Å². The maximum atomic E-state index is 6.70. The maximum Gasteiger partial charge on any atom is 0.190 e. The van der Waals surface area contributed by atoms with Crippen LogP contribution < -0.4 is 0 Å². The molecule has 4 aromatic rings. The summed E-state index contributed by atoms with van der Waals surface area (Å²) in [6.07, 6.45) is 5.80. The molecule has 4 saturated heterocycles. The zero-order chi connectivity index (χ0) is 23.4. The van der Waals surface area contributed by atoms with Crippen LogP contribution in [0.3, 0.4) is 0 Å². The third-order valence-electron chi connectivity index (χ3n) is 9.56. The molecule has 5 heteroatoms. The van der Waals surface area contributed by atoms with Gasteiger partial charge >= 0.3 is 0 Å². The van der Waals surface area contributed by atoms with Gasteiger partial charge in [-0.25, -0.2) is 0 Å². The molecule has 7 atom stereocenters. The first kappa shape index (κ1) is 20.7. The van der Waals surface area contributed by atoms with Gasteiger partial charge in [-0.05, 0) is 57.1 Å². The third-order valence-corrected chi connectivity index (χ3v) is 9.56. The van der Waals surface area contributed by atoms with Gasteiger partial charge in [0, 0.05) is 25.4 Å². The van der Waals surface area contributed by atoms with Crippen molar-refractivity contribution in [1.29, 1.82) is 0 Å². The van der Waals surface area contributed by atoms with Crippen LogP contribution in [0, 0.1) is 5.92 Å². The van der Waals surface area contributed by atoms with Crippen molar-refractivity contribution in [3.8, 4) is 0 Å². The Morgan fingerprint density at radius 3 is 2.33 bits per heavy atom. The lowest BCUT2D eigenvalue weighted by atomic mass is 9.81. The fourth-order valence-corrected chi connectivity index (χ4v) is 8.00. The molecular formula is C31H30O5. The molecule has 1 aliphatic carbocycles. The molecule has 7 unspecified atom stereocenters. The van der Waals surface area contributed by atoms with Crippen molar-refractivity contribution in [1.82, 2.24) is 0 Å². The van der Waals surface area contributed by atoms with E-state index >= 15 is 0 Å². The Bertz CT molecular complexity index is 1460. The van der Waals surface area contributed by atoms with Gasteiger partial charge in [0.15, 0.2) is 12.1 Å². The summed E-state index contributed by atoms with van der Waals surface area (Å²) in [5, 5.41) is 7.79. The van der Waals surface area contributed by atoms with Gasteiger partial charge in [0.25, 0.3) is 0 Å². The molecule has 1 spiro atoms. The van der Waals surface area contributed by atoms with E-state index in [4.69, 9.17) is 23.7 Å². The number of hydrogen-bond donors (Lipinski definition) is 0. The first-order chi connectivity index (χ1) is 17.8. The molecule has 4 aromatic carbocycles. The second-order valence-electron chi connectivity index (χ2n) is 11.4. The number of rotatable bonds is 1. The van der Waals surface area contributed by atoms with Crippen LogP contribution in [0.1, 0.15) is 50.2 Å². The summed E-state index contributed by atoms with van der Waals surface area (Å²) in [7, 11) is 0. The molecule has 1 saturated carbocycles. The van der Waals surface area contributed by atoms with Gasteiger partial charge in [0.1, 0.15) is 12.2 Å². The van der Waals surface area contributed by atoms with Crippen LogP contribution in [0.4, 0.5) is 0 Å². The van der Waals surface area contributed by atoms with Crippen LogP contribution in [0.25, 0.3) is 32.3 Å². The van der Waals surface area contributed by atoms with E-state index in [0.29, 0.717) is 6.61 Å². The Balaban J connectivity index is 1.11. The maximum absolute atomic E-state index is 6.70. The molecule has 5 nitrogen and oxygen atoms in total. The molecule has 9 rings (SSSR count). The van der Waals surface area contributed by atoms with Crippen molar-refractivity contribution >= 4 is 32.3 Å². The Kier molecular flexibility index (Phi) is 4.26. The predicted octanol–water partition coefficient (Wildman–Crippen LogP) is 6.23. The standard InChI is InChI=1S/C31H30O5/c1-2-14-31(15-3-1)35-29-28-27(34-30(29)36-31)25-22(33-28)13-16-32-26(25)21-12-10-19-8-7-17-5-4-6-18-9-11-20(21)24(19)23(17)18/h4-12,22,25-30H,1-3,13-16H2. The second kappa shape index (κ2) is 7.40. The molecule has 5 aliphatic rings. The smallest absolute Gasteiger partial charge is 0.190 e. The van der Waals surface area contributed by atoms with E-state index in [1.165, 1.54) is 44.3 Å². The van der Waals surface area contributed by atoms with Crippen LogP contribution in [-0.4, -0.2) is 43.1 Å². The summed E-state index contributed by atoms with van der Waals surface area (Å²) in [5.41, 5.74) is 1.24. The van der Waals surface area contributed by atoms with Crippen molar-refractivity contribution in [3.05, 3.63) is 60.2 Å². The van der Waals surface area contributed by atoms with Crippen molar-refractivity contribution < 1.29 is 23.7 Å². The first-order valence-electron chi connectivity index (χ1n) is 13.7. The van der Waals surface area contributed by atoms with Crippen molar-refractivity contribution in [3.63, 3.8) is 0 Å². The van der Waals surface area contributed by atoms with E-state index in [1.54, 1.807) is 0 Å². The average Bonchev–Trinajstić information content (AvgIpc) is 3.55. The highest BCUT2D eigenvalue weighted by Crippen LogP contribution is 2.54. The van der Waals surface area contributed by atoms with Crippen LogP contribution in [0.5, 0.6) is 0 Å². The molecule has 4 heterocycles. The molecule has 5 fully saturated rings. The van der Waals surface area contributed by atoms with Gasteiger partial charge in [0.2, 0.25) is 0 Å². The molecule has 0 N–H and O–H groups in total. The Labute approximate surface area is 209 Å². The van der Waals surface area contributed by atoms with Crippen molar-refractivity contribution in [2.24, 2.45) is 5.92 Å². The molecule has 0 aromatic heterocycles. The Hall–Kier alpha value is -2.28. The highest BCUT2D eigenvalue weighted by molar-refractivity contribution is 6.23. The van der Waals surface area contributed by atoms with Crippen LogP contribution in [0.2, 0.25) is 0 Å². The fraction of sp³-hybridized carbons (Fsp3) is 0.484. The summed E-state index contributed by atoms with van der Waals surface area (Å²) in [6, 6.07) is 20.1. The van der Waals surface area contributed by atoms with Gasteiger partial charge in [-0.2, -0.15) is 0 Å². The molecule has 36 heavy (non-hydrogen) atoms. The zero-order valence-electron chi connectivity index (χ0n) is 20.2. The molecule has 0 amide bonds. The van der Waals surface area contributed by atoms with E-state index in [1.807, 2.05) is 0 Å². The minimum Gasteiger partial charge on any atom is -0.373 e. The van der Waals surface area contributed by atoms with Gasteiger partial charge < -0.3 is 23.7 Å². The zero-order valence-corrected chi connectivity index (χ0v) is 20.2. The number of benzene rings is 4. The van der Waals surface area contributed by atoms with Gasteiger partial charge in [-0.1, -0.05) is 61.0 Å². The fourth-order valence-electron chi connectivity index (χ4n) is 8.00. The minimum atomic E-state index is -0.461. The lowest BCUT2D eigenvalue weighted by Gasteiger charge is -2.36. The second-order valence-corrected chi connectivity index (χ2v) is 11.4. The Morgan fingerprint density at radius 1 is 0.694 bits per heavy atom. The summed E-state index contributed by atoms with van der Waals surface area (Å²) in [6.45, 7) is 0.697. The number of hydrogen-bond acceptors (Lipinski definition) is 5. The molecule has 184 valence electrons. The van der Waals surface area contributed by atoms with E-state index in [2.05, 4.69) is 54.6 Å². The summed E-state index contributed by atoms with van der Waals surface area (Å²) >= 11 is 0. The lowest BCUT2D eigenvalue weighted by Crippen LogP contribution is -2.40. The predicted molar refractivity (Wildman–Crippen MR) is 136 cm³/mol. The van der Waals surface area contributed by atoms with E-state index in [9.17, 15) is 0 Å². The molecule has 4 aliphatic heterocycles. The van der Waals surface area contributed by atoms with E-state index in [0.717, 1.165) is 32.1 Å². The summed E-state index contributed by atoms with van der Waals surface area (Å²) in [5.74, 6) is -0.334. The highest BCUT2D eigenvalue weighted by Gasteiger charge is 2.65. The number of ether oxygens (including phenoxy) is 5. The largest absolute Gasteiger partial charge is 0.373 e. The van der Waals surface area contributed by atoms with E-state index < -0.39 is 5.79 Å². The third kappa shape index (κ3) is 2.73. The minimum absolute atomic E-state index is 0.0743. The Morgan fingerprint density at radius 2 is 1.47 bits per heavy atom. The number of fused-ring (bicyclic) bond motifs is 5. The SMILES string of the molecule is c1cc2ccc3ccc(C4OCCC5OC6C7OC8(CCCCC8)OC7OC6C54)c4ccc(c1)c2c34. The molecular weight excluding hydrogens is 452 g/mol. The monoisotopic (exact) mass is 482 g/mol. The summed E-state index contributed by atoms with van der Waals surface area (Å²) < 4.78 is 33.0. The summed E-state index contributed by atoms with van der Waals surface area (Å²) in [4.78, 5) is 0. The highest BCUT2D eigenvalue weighted by atomic mass is 16.8. The van der Waals surface area contributed by atoms with Crippen LogP contribution in [0.15, 0.2) is 54.6 Å². The van der Waals surface area contributed by atoms with Crippen LogP contribution in [-0.2, 0) is 23.7 Å². The first-order valence-corrected chi connectivity index (χ1v) is 13.7. The average molecular weight is 483 g/mol. The van der Waals surface area contributed by atoms with Crippen LogP contribution >= 0.6 is 0 Å². The van der Waals surface area contributed by atoms with Gasteiger partial charge in [0.05, 0.1) is 18.3 Å². The quantitative estimate of drug-likeness (QED) is 0.301.